The quantitative estimate of drug-likeness (QED) is 0.628. The third kappa shape index (κ3) is 2.93. The van der Waals surface area contributed by atoms with Gasteiger partial charge in [0.25, 0.3) is 0 Å². The van der Waals surface area contributed by atoms with Crippen molar-refractivity contribution >= 4 is 17.4 Å². The molecule has 1 atom stereocenters. The topological polar surface area (TPSA) is 52.7 Å². The molecular formula is C14H19ClN4O. The molecule has 108 valence electrons. The number of Topliss-reactive ketones (excluding diaryl/α,β-unsaturated/α-hetero) is 1. The lowest BCUT2D eigenvalue weighted by Crippen LogP contribution is -2.12. The van der Waals surface area contributed by atoms with Crippen LogP contribution in [-0.4, -0.2) is 30.5 Å². The van der Waals surface area contributed by atoms with Gasteiger partial charge in [-0.1, -0.05) is 0 Å². The Balaban J connectivity index is 2.18. The lowest BCUT2D eigenvalue weighted by Gasteiger charge is -2.08. The van der Waals surface area contributed by atoms with E-state index in [9.17, 15) is 4.79 Å². The molecule has 20 heavy (non-hydrogen) atoms. The molecule has 0 aliphatic heterocycles. The summed E-state index contributed by atoms with van der Waals surface area (Å²) in [7, 11) is 1.85. The van der Waals surface area contributed by atoms with Crippen LogP contribution >= 0.6 is 11.6 Å². The maximum absolute atomic E-state index is 12.0. The first-order chi connectivity index (χ1) is 9.40. The van der Waals surface area contributed by atoms with E-state index in [-0.39, 0.29) is 5.78 Å². The van der Waals surface area contributed by atoms with Crippen molar-refractivity contribution in [3.8, 4) is 0 Å². The minimum atomic E-state index is -0.499. The molecule has 5 nitrogen and oxygen atoms in total. The molecule has 6 heteroatoms. The second-order valence-corrected chi connectivity index (χ2v) is 5.66. The van der Waals surface area contributed by atoms with Crippen LogP contribution in [0.3, 0.4) is 0 Å². The molecule has 2 aromatic rings. The van der Waals surface area contributed by atoms with Gasteiger partial charge in [-0.15, -0.1) is 11.6 Å². The highest BCUT2D eigenvalue weighted by atomic mass is 35.5. The second kappa shape index (κ2) is 5.79. The number of hydrogen-bond acceptors (Lipinski definition) is 3. The number of nitrogens with zero attached hydrogens (tertiary/aromatic N) is 4. The third-order valence-corrected chi connectivity index (χ3v) is 3.60. The van der Waals surface area contributed by atoms with Crippen LogP contribution in [0.15, 0.2) is 12.4 Å². The molecule has 0 saturated carbocycles. The van der Waals surface area contributed by atoms with Gasteiger partial charge in [-0.05, 0) is 26.8 Å². The zero-order valence-electron chi connectivity index (χ0n) is 12.2. The van der Waals surface area contributed by atoms with Gasteiger partial charge >= 0.3 is 0 Å². The number of alkyl halides is 1. The average Bonchev–Trinajstić information content (AvgIpc) is 2.91. The standard InChI is InChI=1S/C14H19ClN4O/c1-9-7-12(14(20)10(2)15)11(3)19(9)6-5-13-16-8-18(4)17-13/h7-8,10H,5-6H2,1-4H3. The summed E-state index contributed by atoms with van der Waals surface area (Å²) in [4.78, 5) is 16.2. The number of aryl methyl sites for hydroxylation is 3. The van der Waals surface area contributed by atoms with Crippen molar-refractivity contribution in [3.05, 3.63) is 35.2 Å². The smallest absolute Gasteiger partial charge is 0.182 e. The summed E-state index contributed by atoms with van der Waals surface area (Å²) in [6.45, 7) is 6.40. The van der Waals surface area contributed by atoms with Gasteiger partial charge in [0.2, 0.25) is 0 Å². The van der Waals surface area contributed by atoms with Crippen molar-refractivity contribution in [2.24, 2.45) is 7.05 Å². The number of hydrogen-bond donors (Lipinski definition) is 0. The van der Waals surface area contributed by atoms with Crippen molar-refractivity contribution in [1.29, 1.82) is 0 Å². The van der Waals surface area contributed by atoms with Gasteiger partial charge in [-0.2, -0.15) is 5.10 Å². The molecular weight excluding hydrogens is 276 g/mol. The Morgan fingerprint density at radius 3 is 2.70 bits per heavy atom. The lowest BCUT2D eigenvalue weighted by molar-refractivity contribution is 0.0991. The third-order valence-electron chi connectivity index (χ3n) is 3.41. The molecule has 2 heterocycles. The van der Waals surface area contributed by atoms with Gasteiger partial charge in [-0.25, -0.2) is 4.98 Å². The van der Waals surface area contributed by atoms with Crippen LogP contribution in [0.5, 0.6) is 0 Å². The highest BCUT2D eigenvalue weighted by Crippen LogP contribution is 2.19. The van der Waals surface area contributed by atoms with Crippen molar-refractivity contribution < 1.29 is 4.79 Å². The second-order valence-electron chi connectivity index (χ2n) is 5.00. The normalized spacial score (nSPS) is 12.7. The van der Waals surface area contributed by atoms with E-state index in [4.69, 9.17) is 11.6 Å². The Morgan fingerprint density at radius 2 is 2.15 bits per heavy atom. The number of carbonyl (C=O) groups is 1. The summed E-state index contributed by atoms with van der Waals surface area (Å²) in [6.07, 6.45) is 2.43. The highest BCUT2D eigenvalue weighted by molar-refractivity contribution is 6.33. The molecule has 0 aliphatic carbocycles. The van der Waals surface area contributed by atoms with Gasteiger partial charge in [0.15, 0.2) is 11.6 Å². The van der Waals surface area contributed by atoms with Gasteiger partial charge in [-0.3, -0.25) is 9.48 Å². The number of carbonyl (C=O) groups excluding carboxylic acids is 1. The minimum absolute atomic E-state index is 0.0259. The SMILES string of the molecule is Cc1cc(C(=O)C(C)Cl)c(C)n1CCc1ncn(C)n1. The first-order valence-corrected chi connectivity index (χ1v) is 7.03. The molecule has 0 bridgehead atoms. The molecule has 0 N–H and O–H groups in total. The van der Waals surface area contributed by atoms with E-state index in [0.29, 0.717) is 5.56 Å². The summed E-state index contributed by atoms with van der Waals surface area (Å²) < 4.78 is 3.80. The highest BCUT2D eigenvalue weighted by Gasteiger charge is 2.19. The van der Waals surface area contributed by atoms with Crippen LogP contribution in [-0.2, 0) is 20.0 Å². The lowest BCUT2D eigenvalue weighted by atomic mass is 10.1. The van der Waals surface area contributed by atoms with Crippen molar-refractivity contribution in [2.45, 2.75) is 39.1 Å². The summed E-state index contributed by atoms with van der Waals surface area (Å²) in [5, 5.41) is 3.76. The minimum Gasteiger partial charge on any atom is -0.348 e. The van der Waals surface area contributed by atoms with E-state index < -0.39 is 5.38 Å². The molecule has 2 rings (SSSR count). The van der Waals surface area contributed by atoms with Crippen LogP contribution in [0.1, 0.15) is 34.5 Å². The summed E-state index contributed by atoms with van der Waals surface area (Å²) in [5.41, 5.74) is 2.72. The first kappa shape index (κ1) is 14.8. The molecule has 0 aromatic carbocycles. The largest absolute Gasteiger partial charge is 0.348 e. The molecule has 0 fully saturated rings. The monoisotopic (exact) mass is 294 g/mol. The van der Waals surface area contributed by atoms with Crippen LogP contribution in [0.4, 0.5) is 0 Å². The van der Waals surface area contributed by atoms with Gasteiger partial charge in [0.1, 0.15) is 6.33 Å². The predicted molar refractivity (Wildman–Crippen MR) is 78.3 cm³/mol. The van der Waals surface area contributed by atoms with E-state index in [0.717, 1.165) is 30.2 Å². The summed E-state index contributed by atoms with van der Waals surface area (Å²) in [5.74, 6) is 0.778. The summed E-state index contributed by atoms with van der Waals surface area (Å²) in [6, 6.07) is 1.91. The van der Waals surface area contributed by atoms with E-state index in [2.05, 4.69) is 14.6 Å². The van der Waals surface area contributed by atoms with E-state index >= 15 is 0 Å². The van der Waals surface area contributed by atoms with Gasteiger partial charge in [0, 0.05) is 37.0 Å². The summed E-state index contributed by atoms with van der Waals surface area (Å²) >= 11 is 5.89. The molecule has 0 amide bonds. The molecule has 0 spiro atoms. The van der Waals surface area contributed by atoms with Crippen molar-refractivity contribution in [1.82, 2.24) is 19.3 Å². The molecule has 2 aromatic heterocycles. The number of rotatable bonds is 5. The number of aromatic nitrogens is 4. The van der Waals surface area contributed by atoms with Gasteiger partial charge < -0.3 is 4.57 Å². The Kier molecular flexibility index (Phi) is 4.28. The van der Waals surface area contributed by atoms with E-state index in [1.165, 1.54) is 0 Å². The Labute approximate surface area is 123 Å². The zero-order valence-corrected chi connectivity index (χ0v) is 13.0. The fourth-order valence-electron chi connectivity index (χ4n) is 2.32. The van der Waals surface area contributed by atoms with Crippen LogP contribution < -0.4 is 0 Å². The molecule has 0 saturated heterocycles. The van der Waals surface area contributed by atoms with E-state index in [1.807, 2.05) is 27.0 Å². The van der Waals surface area contributed by atoms with Crippen molar-refractivity contribution in [3.63, 3.8) is 0 Å². The Hall–Kier alpha value is -1.62. The maximum Gasteiger partial charge on any atom is 0.182 e. The maximum atomic E-state index is 12.0. The zero-order chi connectivity index (χ0) is 14.9. The fourth-order valence-corrected chi connectivity index (χ4v) is 2.44. The fraction of sp³-hybridized carbons (Fsp3) is 0.500. The van der Waals surface area contributed by atoms with Gasteiger partial charge in [0.05, 0.1) is 5.38 Å². The van der Waals surface area contributed by atoms with Crippen LogP contribution in [0, 0.1) is 13.8 Å². The van der Waals surface area contributed by atoms with E-state index in [1.54, 1.807) is 17.9 Å². The molecule has 1 unspecified atom stereocenters. The Bertz CT molecular complexity index is 627. The average molecular weight is 295 g/mol. The Morgan fingerprint density at radius 1 is 1.45 bits per heavy atom. The predicted octanol–water partition coefficient (Wildman–Crippen LogP) is 2.29. The number of halogens is 1. The van der Waals surface area contributed by atoms with Crippen LogP contribution in [0.2, 0.25) is 0 Å². The number of ketones is 1. The first-order valence-electron chi connectivity index (χ1n) is 6.59. The van der Waals surface area contributed by atoms with Crippen LogP contribution in [0.25, 0.3) is 0 Å². The molecule has 0 radical (unpaired) electrons. The molecule has 0 aliphatic rings. The van der Waals surface area contributed by atoms with Crippen molar-refractivity contribution in [2.75, 3.05) is 0 Å².